The molecule has 0 amide bonds. The lowest BCUT2D eigenvalue weighted by Gasteiger charge is -2.29. The van der Waals surface area contributed by atoms with Gasteiger partial charge in [-0.3, -0.25) is 4.84 Å². The highest BCUT2D eigenvalue weighted by molar-refractivity contribution is 9.10. The van der Waals surface area contributed by atoms with E-state index in [1.54, 1.807) is 6.07 Å². The maximum absolute atomic E-state index is 13.8. The molecule has 1 heterocycles. The van der Waals surface area contributed by atoms with E-state index in [2.05, 4.69) is 26.4 Å². The maximum Gasteiger partial charge on any atom is 0.146 e. The van der Waals surface area contributed by atoms with Gasteiger partial charge in [0.2, 0.25) is 0 Å². The molecule has 1 atom stereocenters. The second-order valence-corrected chi connectivity index (χ2v) is 5.23. The second-order valence-electron chi connectivity index (χ2n) is 4.42. The minimum absolute atomic E-state index is 0.0242. The van der Waals surface area contributed by atoms with Gasteiger partial charge in [-0.15, -0.1) is 0 Å². The van der Waals surface area contributed by atoms with Crippen molar-refractivity contribution < 1.29 is 9.23 Å². The molecule has 1 aromatic rings. The van der Waals surface area contributed by atoms with Crippen LogP contribution in [-0.4, -0.2) is 11.1 Å². The third-order valence-electron chi connectivity index (χ3n) is 2.56. The minimum Gasteiger partial charge on any atom is -0.298 e. The Bertz CT molecular complexity index is 387. The van der Waals surface area contributed by atoms with Crippen LogP contribution < -0.4 is 5.48 Å². The highest BCUT2D eigenvalue weighted by Crippen LogP contribution is 2.26. The van der Waals surface area contributed by atoms with Crippen LogP contribution in [0.1, 0.15) is 39.8 Å². The van der Waals surface area contributed by atoms with Crippen LogP contribution in [0.5, 0.6) is 0 Å². The Kier molecular flexibility index (Phi) is 5.04. The zero-order chi connectivity index (χ0) is 13.1. The van der Waals surface area contributed by atoms with Crippen LogP contribution in [-0.2, 0) is 10.4 Å². The Morgan fingerprint density at radius 1 is 1.53 bits per heavy atom. The van der Waals surface area contributed by atoms with E-state index in [1.165, 1.54) is 6.07 Å². The number of hydroxylamine groups is 1. The number of hydrogen-bond acceptors (Lipinski definition) is 3. The summed E-state index contributed by atoms with van der Waals surface area (Å²) in [6.45, 7) is 7.65. The zero-order valence-corrected chi connectivity index (χ0v) is 12.1. The molecule has 96 valence electrons. The molecule has 0 aliphatic heterocycles. The van der Waals surface area contributed by atoms with E-state index in [4.69, 9.17) is 4.84 Å². The average molecular weight is 305 g/mol. The summed E-state index contributed by atoms with van der Waals surface area (Å²) in [5.41, 5.74) is 2.62. The van der Waals surface area contributed by atoms with E-state index in [9.17, 15) is 4.39 Å². The molecule has 0 spiro atoms. The number of aromatic nitrogens is 1. The van der Waals surface area contributed by atoms with Crippen LogP contribution in [0.3, 0.4) is 0 Å². The molecular weight excluding hydrogens is 287 g/mol. The average Bonchev–Trinajstić information content (AvgIpc) is 2.29. The van der Waals surface area contributed by atoms with Gasteiger partial charge >= 0.3 is 0 Å². The van der Waals surface area contributed by atoms with Crippen molar-refractivity contribution in [2.45, 2.75) is 45.8 Å². The summed E-state index contributed by atoms with van der Waals surface area (Å²) in [6.07, 6.45) is 0.691. The first kappa shape index (κ1) is 14.5. The highest BCUT2D eigenvalue weighted by atomic mass is 79.9. The van der Waals surface area contributed by atoms with Crippen molar-refractivity contribution in [1.29, 1.82) is 0 Å². The van der Waals surface area contributed by atoms with E-state index in [0.717, 1.165) is 0 Å². The normalized spacial score (nSPS) is 15.0. The topological polar surface area (TPSA) is 34.1 Å². The van der Waals surface area contributed by atoms with Gasteiger partial charge in [-0.1, -0.05) is 6.92 Å². The first-order valence-electron chi connectivity index (χ1n) is 5.64. The minimum atomic E-state index is -0.641. The third-order valence-corrected chi connectivity index (χ3v) is 3.00. The summed E-state index contributed by atoms with van der Waals surface area (Å²) in [4.78, 5) is 9.57. The van der Waals surface area contributed by atoms with Gasteiger partial charge in [0.15, 0.2) is 0 Å². The SMILES string of the molecule is CC[C@@](C)(NOC(C)C)c1nc(Br)ccc1F. The fourth-order valence-corrected chi connectivity index (χ4v) is 1.65. The van der Waals surface area contributed by atoms with Crippen molar-refractivity contribution in [1.82, 2.24) is 10.5 Å². The largest absolute Gasteiger partial charge is 0.298 e. The zero-order valence-electron chi connectivity index (χ0n) is 10.6. The first-order valence-corrected chi connectivity index (χ1v) is 6.43. The molecule has 1 rings (SSSR count). The molecule has 17 heavy (non-hydrogen) atoms. The molecule has 0 saturated heterocycles. The fraction of sp³-hybridized carbons (Fsp3) is 0.583. The maximum atomic E-state index is 13.8. The molecule has 1 aromatic heterocycles. The molecule has 0 saturated carbocycles. The molecule has 1 N–H and O–H groups in total. The van der Waals surface area contributed by atoms with Crippen molar-refractivity contribution in [3.8, 4) is 0 Å². The summed E-state index contributed by atoms with van der Waals surface area (Å²) in [5.74, 6) is -0.336. The summed E-state index contributed by atoms with van der Waals surface area (Å²) in [6, 6.07) is 2.98. The number of nitrogens with one attached hydrogen (secondary N) is 1. The van der Waals surface area contributed by atoms with Crippen LogP contribution >= 0.6 is 15.9 Å². The summed E-state index contributed by atoms with van der Waals surface area (Å²) < 4.78 is 14.4. The predicted molar refractivity (Wildman–Crippen MR) is 68.9 cm³/mol. The Morgan fingerprint density at radius 2 is 2.18 bits per heavy atom. The number of rotatable bonds is 5. The lowest BCUT2D eigenvalue weighted by atomic mass is 9.94. The molecule has 0 aliphatic rings. The molecule has 0 aromatic carbocycles. The number of nitrogens with zero attached hydrogens (tertiary/aromatic N) is 1. The highest BCUT2D eigenvalue weighted by Gasteiger charge is 2.30. The Morgan fingerprint density at radius 3 is 2.71 bits per heavy atom. The van der Waals surface area contributed by atoms with Crippen molar-refractivity contribution in [2.75, 3.05) is 0 Å². The van der Waals surface area contributed by atoms with Gasteiger partial charge in [0.1, 0.15) is 10.4 Å². The Balaban J connectivity index is 3.02. The van der Waals surface area contributed by atoms with Gasteiger partial charge in [-0.05, 0) is 55.3 Å². The molecule has 0 aliphatic carbocycles. The molecular formula is C12H18BrFN2O. The summed E-state index contributed by atoms with van der Waals surface area (Å²) in [5, 5.41) is 0. The summed E-state index contributed by atoms with van der Waals surface area (Å²) in [7, 11) is 0. The van der Waals surface area contributed by atoms with Crippen molar-refractivity contribution in [2.24, 2.45) is 0 Å². The van der Waals surface area contributed by atoms with Crippen LogP contribution in [0.2, 0.25) is 0 Å². The van der Waals surface area contributed by atoms with Gasteiger partial charge in [0.25, 0.3) is 0 Å². The number of halogens is 2. The van der Waals surface area contributed by atoms with Crippen LogP contribution in [0, 0.1) is 5.82 Å². The van der Waals surface area contributed by atoms with E-state index in [1.807, 2.05) is 27.7 Å². The van der Waals surface area contributed by atoms with E-state index < -0.39 is 5.54 Å². The lowest BCUT2D eigenvalue weighted by molar-refractivity contribution is -0.0597. The quantitative estimate of drug-likeness (QED) is 0.667. The number of hydrogen-bond donors (Lipinski definition) is 1. The molecule has 0 unspecified atom stereocenters. The fourth-order valence-electron chi connectivity index (χ4n) is 1.34. The standard InChI is InChI=1S/C12H18BrFN2O/c1-5-12(4,16-17-8(2)3)11-9(14)6-7-10(13)15-11/h6-8,16H,5H2,1-4H3/t12-/m1/s1. The van der Waals surface area contributed by atoms with Crippen molar-refractivity contribution in [3.05, 3.63) is 28.2 Å². The summed E-state index contributed by atoms with van der Waals surface area (Å²) >= 11 is 3.25. The van der Waals surface area contributed by atoms with Crippen LogP contribution in [0.4, 0.5) is 4.39 Å². The van der Waals surface area contributed by atoms with Gasteiger partial charge in [0, 0.05) is 0 Å². The van der Waals surface area contributed by atoms with Crippen LogP contribution in [0.15, 0.2) is 16.7 Å². The molecule has 5 heteroatoms. The van der Waals surface area contributed by atoms with Crippen LogP contribution in [0.25, 0.3) is 0 Å². The molecule has 0 bridgehead atoms. The van der Waals surface area contributed by atoms with Gasteiger partial charge in [-0.2, -0.15) is 5.48 Å². The Labute approximate surface area is 110 Å². The first-order chi connectivity index (χ1) is 7.89. The van der Waals surface area contributed by atoms with Gasteiger partial charge < -0.3 is 0 Å². The Hall–Kier alpha value is -0.520. The molecule has 3 nitrogen and oxygen atoms in total. The van der Waals surface area contributed by atoms with Gasteiger partial charge in [-0.25, -0.2) is 9.37 Å². The van der Waals surface area contributed by atoms with E-state index in [-0.39, 0.29) is 11.9 Å². The monoisotopic (exact) mass is 304 g/mol. The van der Waals surface area contributed by atoms with Crippen molar-refractivity contribution >= 4 is 15.9 Å². The van der Waals surface area contributed by atoms with Gasteiger partial charge in [0.05, 0.1) is 17.3 Å². The predicted octanol–water partition coefficient (Wildman–Crippen LogP) is 3.54. The van der Waals surface area contributed by atoms with E-state index in [0.29, 0.717) is 16.7 Å². The molecule has 0 radical (unpaired) electrons. The lowest BCUT2D eigenvalue weighted by Crippen LogP contribution is -2.42. The molecule has 0 fully saturated rings. The third kappa shape index (κ3) is 3.72. The second kappa shape index (κ2) is 5.89. The number of pyridine rings is 1. The van der Waals surface area contributed by atoms with Crippen molar-refractivity contribution in [3.63, 3.8) is 0 Å². The smallest absolute Gasteiger partial charge is 0.146 e. The van der Waals surface area contributed by atoms with E-state index >= 15 is 0 Å².